The van der Waals surface area contributed by atoms with Gasteiger partial charge >= 0.3 is 0 Å². The van der Waals surface area contributed by atoms with Crippen LogP contribution in [-0.2, 0) is 26.5 Å². The van der Waals surface area contributed by atoms with E-state index in [9.17, 15) is 4.39 Å². The van der Waals surface area contributed by atoms with E-state index in [4.69, 9.17) is 9.72 Å². The number of aromatic nitrogens is 2. The Kier molecular flexibility index (Phi) is 10.2. The van der Waals surface area contributed by atoms with Crippen LogP contribution >= 0.6 is 0 Å². The molecule has 2 aromatic heterocycles. The molecule has 1 aliphatic rings. The maximum atomic E-state index is 15.6. The third-order valence-electron chi connectivity index (χ3n) is 10.9. The molecule has 0 saturated carbocycles. The Bertz CT molecular complexity index is 2900. The van der Waals surface area contributed by atoms with E-state index in [-0.39, 0.29) is 37.6 Å². The van der Waals surface area contributed by atoms with Gasteiger partial charge < -0.3 is 19.1 Å². The summed E-state index contributed by atoms with van der Waals surface area (Å²) in [7, 11) is 2.02. The molecule has 0 fully saturated rings. The van der Waals surface area contributed by atoms with E-state index in [1.807, 2.05) is 66.8 Å². The van der Waals surface area contributed by atoms with Crippen molar-refractivity contribution < 1.29 is 39.0 Å². The first-order chi connectivity index (χ1) is 27.7. The maximum absolute atomic E-state index is 15.6. The van der Waals surface area contributed by atoms with Crippen LogP contribution in [0.3, 0.4) is 0 Å². The van der Waals surface area contributed by atoms with E-state index in [1.54, 1.807) is 18.3 Å². The van der Waals surface area contributed by atoms with Crippen molar-refractivity contribution in [2.75, 3.05) is 16.8 Å². The fourth-order valence-corrected chi connectivity index (χ4v) is 8.34. The molecule has 0 radical (unpaired) electrons. The zero-order valence-electron chi connectivity index (χ0n) is 33.6. The summed E-state index contributed by atoms with van der Waals surface area (Å²) in [5.41, 5.74) is 10.3. The molecule has 6 aromatic carbocycles. The molecule has 0 atom stereocenters. The minimum Gasteiger partial charge on any atom is -0.509 e. The van der Waals surface area contributed by atoms with Crippen LogP contribution in [0, 0.1) is 57.0 Å². The normalized spacial score (nSPS) is 12.6. The van der Waals surface area contributed by atoms with Gasteiger partial charge in [-0.3, -0.25) is 0 Å². The Morgan fingerprint density at radius 3 is 2.14 bits per heavy atom. The van der Waals surface area contributed by atoms with Crippen molar-refractivity contribution >= 4 is 38.9 Å². The Morgan fingerprint density at radius 1 is 0.712 bits per heavy atom. The second kappa shape index (κ2) is 15.1. The third kappa shape index (κ3) is 7.08. The molecule has 8 aromatic rings. The summed E-state index contributed by atoms with van der Waals surface area (Å²) in [6.07, 6.45) is 1.73. The van der Waals surface area contributed by atoms with Crippen molar-refractivity contribution in [3.8, 4) is 39.6 Å². The van der Waals surface area contributed by atoms with E-state index >= 15 is 8.78 Å². The van der Waals surface area contributed by atoms with Gasteiger partial charge in [0, 0.05) is 73.3 Å². The number of anilines is 3. The molecule has 0 spiro atoms. The first-order valence-electron chi connectivity index (χ1n) is 19.2. The largest absolute Gasteiger partial charge is 0.509 e. The van der Waals surface area contributed by atoms with Gasteiger partial charge in [0.05, 0.1) is 5.56 Å². The predicted octanol–water partition coefficient (Wildman–Crippen LogP) is 13.3. The molecule has 9 heteroatoms. The zero-order valence-corrected chi connectivity index (χ0v) is 35.9. The van der Waals surface area contributed by atoms with E-state index in [0.717, 1.165) is 55.7 Å². The summed E-state index contributed by atoms with van der Waals surface area (Å²) >= 11 is 0. The second-order valence-corrected chi connectivity index (χ2v) is 16.1. The molecule has 9 rings (SSSR count). The third-order valence-corrected chi connectivity index (χ3v) is 10.9. The molecular weight excluding hydrogens is 925 g/mol. The number of fused-ring (bicyclic) bond motifs is 4. The van der Waals surface area contributed by atoms with Crippen molar-refractivity contribution in [3.63, 3.8) is 0 Å². The van der Waals surface area contributed by atoms with Crippen LogP contribution in [0.5, 0.6) is 11.5 Å². The molecule has 0 amide bonds. The van der Waals surface area contributed by atoms with Crippen LogP contribution in [0.25, 0.3) is 49.9 Å². The molecule has 1 aliphatic heterocycles. The SMILES string of the molecule is Cc1cc(C)c(-c2cc(Oc3[c-]c4c(cc3)c3cccc(-c5c(F)cc(F)cc5F)c3n4-c3cc(C(C)(C)C)ccn3)[c-]c(N3[CH-]N(C)c4ccccc43)c2)c(C)c1.[Pt]. The predicted molar refractivity (Wildman–Crippen MR) is 228 cm³/mol. The summed E-state index contributed by atoms with van der Waals surface area (Å²) in [5, 5.41) is 1.49. The number of nitrogens with zero attached hydrogens (tertiary/aromatic N) is 4. The van der Waals surface area contributed by atoms with E-state index in [0.29, 0.717) is 40.5 Å². The molecule has 0 N–H and O–H groups in total. The molecule has 59 heavy (non-hydrogen) atoms. The smallest absolute Gasteiger partial charge is 0.136 e. The average Bonchev–Trinajstić information content (AvgIpc) is 3.68. The summed E-state index contributed by atoms with van der Waals surface area (Å²) in [6, 6.07) is 38.2. The van der Waals surface area contributed by atoms with Gasteiger partial charge in [-0.15, -0.1) is 47.0 Å². The van der Waals surface area contributed by atoms with E-state index in [1.165, 1.54) is 5.56 Å². The van der Waals surface area contributed by atoms with E-state index < -0.39 is 17.5 Å². The number of hydrogen-bond acceptors (Lipinski definition) is 4. The molecule has 0 saturated heterocycles. The van der Waals surface area contributed by atoms with Gasteiger partial charge in [0.15, 0.2) is 0 Å². The Hall–Kier alpha value is -5.85. The number of hydrogen-bond donors (Lipinski definition) is 0. The van der Waals surface area contributed by atoms with Gasteiger partial charge in [0.2, 0.25) is 0 Å². The van der Waals surface area contributed by atoms with Crippen molar-refractivity contribution in [3.05, 3.63) is 168 Å². The van der Waals surface area contributed by atoms with Crippen molar-refractivity contribution in [1.82, 2.24) is 9.55 Å². The number of halogens is 3. The summed E-state index contributed by atoms with van der Waals surface area (Å²) < 4.78 is 53.9. The number of pyridine rings is 1. The fourth-order valence-electron chi connectivity index (χ4n) is 8.34. The standard InChI is InChI=1S/C50H40F3N4O.Pt/c1-29-19-30(2)47(31(3)20-29)32-21-35(56-28-55(7)43-13-8-9-14-44(43)56)26-37(22-32)58-36-15-16-38-39-11-10-12-40(48-41(52)24-34(51)25-42(48)53)49(39)57(45(38)27-36)46-23-33(17-18-54-46)50(4,5)6;/h8-25,28H,1-7H3;/q-3;. The number of aryl methyl sites for hydroxylation is 3. The second-order valence-electron chi connectivity index (χ2n) is 16.1. The molecule has 0 aliphatic carbocycles. The van der Waals surface area contributed by atoms with Gasteiger partial charge in [-0.25, -0.2) is 18.2 Å². The van der Waals surface area contributed by atoms with Gasteiger partial charge in [-0.1, -0.05) is 74.3 Å². The van der Waals surface area contributed by atoms with Crippen molar-refractivity contribution in [2.45, 2.75) is 47.0 Å². The average molecular weight is 965 g/mol. The zero-order chi connectivity index (χ0) is 40.6. The van der Waals surface area contributed by atoms with Crippen molar-refractivity contribution in [1.29, 1.82) is 0 Å². The quantitative estimate of drug-likeness (QED) is 0.156. The number of para-hydroxylation sites is 3. The number of ether oxygens (including phenoxy) is 1. The first kappa shape index (κ1) is 40.0. The van der Waals surface area contributed by atoms with Crippen LogP contribution < -0.4 is 14.5 Å². The maximum Gasteiger partial charge on any atom is 0.136 e. The van der Waals surface area contributed by atoms with Gasteiger partial charge in [0.25, 0.3) is 0 Å². The van der Waals surface area contributed by atoms with Crippen LogP contribution in [0.2, 0.25) is 0 Å². The van der Waals surface area contributed by atoms with Crippen molar-refractivity contribution in [2.24, 2.45) is 0 Å². The van der Waals surface area contributed by atoms with E-state index in [2.05, 4.69) is 93.8 Å². The fraction of sp³-hybridized carbons (Fsp3) is 0.160. The monoisotopic (exact) mass is 964 g/mol. The van der Waals surface area contributed by atoms with Gasteiger partial charge in [0.1, 0.15) is 23.3 Å². The molecule has 300 valence electrons. The molecule has 0 unspecified atom stereocenters. The van der Waals surface area contributed by atoms with Crippen LogP contribution in [0.1, 0.15) is 43.0 Å². The Balaban J connectivity index is 0.00000484. The number of rotatable bonds is 6. The summed E-state index contributed by atoms with van der Waals surface area (Å²) in [5.74, 6) is -1.57. The molecular formula is C50H40F3N4OPt-3. The minimum absolute atomic E-state index is 0. The minimum atomic E-state index is -0.999. The summed E-state index contributed by atoms with van der Waals surface area (Å²) in [6.45, 7) is 14.7. The van der Waals surface area contributed by atoms with Gasteiger partial charge in [-0.2, -0.15) is 12.7 Å². The van der Waals surface area contributed by atoms with Crippen LogP contribution in [0.4, 0.5) is 30.2 Å². The molecule has 5 nitrogen and oxygen atoms in total. The topological polar surface area (TPSA) is 33.5 Å². The Labute approximate surface area is 357 Å². The first-order valence-corrected chi connectivity index (χ1v) is 19.2. The molecule has 0 bridgehead atoms. The van der Waals surface area contributed by atoms with Crippen LogP contribution in [0.15, 0.2) is 109 Å². The van der Waals surface area contributed by atoms with Crippen LogP contribution in [-0.4, -0.2) is 16.6 Å². The number of benzene rings is 6. The summed E-state index contributed by atoms with van der Waals surface area (Å²) in [4.78, 5) is 8.98. The Morgan fingerprint density at radius 2 is 1.42 bits per heavy atom. The van der Waals surface area contributed by atoms with Gasteiger partial charge in [-0.05, 0) is 85.1 Å². The molecule has 3 heterocycles.